The molecule has 0 spiro atoms. The molecule has 0 heterocycles. The Balaban J connectivity index is 1.90. The maximum Gasteiger partial charge on any atom is 0.123 e. The zero-order valence-electron chi connectivity index (χ0n) is 7.15. The smallest absolute Gasteiger partial charge is 0.123 e. The van der Waals surface area contributed by atoms with Crippen molar-refractivity contribution in [3.63, 3.8) is 0 Å². The Kier molecular flexibility index (Phi) is 1.27. The van der Waals surface area contributed by atoms with Gasteiger partial charge in [0.25, 0.3) is 0 Å². The van der Waals surface area contributed by atoms with Gasteiger partial charge < -0.3 is 4.79 Å². The minimum Gasteiger partial charge on any atom is -0.303 e. The van der Waals surface area contributed by atoms with Crippen LogP contribution in [0.3, 0.4) is 0 Å². The molecule has 0 N–H and O–H groups in total. The number of hydrogen-bond donors (Lipinski definition) is 0. The molecule has 0 aromatic rings. The summed E-state index contributed by atoms with van der Waals surface area (Å²) in [5, 5.41) is 0. The molecule has 3 aliphatic carbocycles. The zero-order valence-corrected chi connectivity index (χ0v) is 7.15. The molecule has 1 heteroatoms. The summed E-state index contributed by atoms with van der Waals surface area (Å²) in [7, 11) is 0. The summed E-state index contributed by atoms with van der Waals surface area (Å²) in [6, 6.07) is 0. The highest BCUT2D eigenvalue weighted by molar-refractivity contribution is 5.55. The van der Waals surface area contributed by atoms with E-state index in [1.165, 1.54) is 25.5 Å². The van der Waals surface area contributed by atoms with Gasteiger partial charge in [-0.3, -0.25) is 0 Å². The van der Waals surface area contributed by atoms with E-state index >= 15 is 0 Å². The van der Waals surface area contributed by atoms with Crippen molar-refractivity contribution in [1.29, 1.82) is 0 Å². The van der Waals surface area contributed by atoms with Crippen molar-refractivity contribution in [3.05, 3.63) is 12.2 Å². The van der Waals surface area contributed by atoms with Crippen LogP contribution in [-0.2, 0) is 4.79 Å². The number of allylic oxidation sites excluding steroid dienone is 2. The van der Waals surface area contributed by atoms with E-state index < -0.39 is 0 Å². The van der Waals surface area contributed by atoms with E-state index in [4.69, 9.17) is 0 Å². The summed E-state index contributed by atoms with van der Waals surface area (Å²) in [6.45, 7) is 0. The van der Waals surface area contributed by atoms with Gasteiger partial charge in [-0.25, -0.2) is 0 Å². The van der Waals surface area contributed by atoms with Crippen molar-refractivity contribution in [2.75, 3.05) is 0 Å². The van der Waals surface area contributed by atoms with Crippen LogP contribution in [0.4, 0.5) is 0 Å². The Hall–Kier alpha value is -0.590. The fourth-order valence-corrected chi connectivity index (χ4v) is 3.77. The maximum atomic E-state index is 10.8. The van der Waals surface area contributed by atoms with Crippen molar-refractivity contribution >= 4 is 6.29 Å². The fraction of sp³-hybridized carbons (Fsp3) is 0.727. The molecule has 5 atom stereocenters. The molecule has 0 aliphatic heterocycles. The molecule has 0 saturated heterocycles. The second kappa shape index (κ2) is 2.21. The third-order valence-electron chi connectivity index (χ3n) is 4.23. The van der Waals surface area contributed by atoms with Gasteiger partial charge in [-0.05, 0) is 42.9 Å². The molecular weight excluding hydrogens is 148 g/mol. The lowest BCUT2D eigenvalue weighted by Crippen LogP contribution is -2.25. The SMILES string of the molecule is O=C[C@@H]1C[C@@H]2C[C@@H]1[C@@H]1CC=C[C@H]21. The van der Waals surface area contributed by atoms with Gasteiger partial charge >= 0.3 is 0 Å². The summed E-state index contributed by atoms with van der Waals surface area (Å²) in [5.74, 6) is 3.71. The highest BCUT2D eigenvalue weighted by Crippen LogP contribution is 2.58. The van der Waals surface area contributed by atoms with Gasteiger partial charge in [-0.2, -0.15) is 0 Å². The van der Waals surface area contributed by atoms with Crippen LogP contribution >= 0.6 is 0 Å². The zero-order chi connectivity index (χ0) is 8.13. The molecule has 0 aromatic heterocycles. The lowest BCUT2D eigenvalue weighted by atomic mass is 9.76. The van der Waals surface area contributed by atoms with Crippen LogP contribution < -0.4 is 0 Å². The Morgan fingerprint density at radius 3 is 3.00 bits per heavy atom. The second-order valence-electron chi connectivity index (χ2n) is 4.60. The minimum atomic E-state index is 0.413. The van der Waals surface area contributed by atoms with Gasteiger partial charge in [0.05, 0.1) is 0 Å². The monoisotopic (exact) mass is 162 g/mol. The van der Waals surface area contributed by atoms with E-state index in [1.54, 1.807) is 0 Å². The Morgan fingerprint density at radius 1 is 1.25 bits per heavy atom. The second-order valence-corrected chi connectivity index (χ2v) is 4.60. The Bertz CT molecular complexity index is 243. The first-order valence-electron chi connectivity index (χ1n) is 5.02. The molecule has 0 aromatic carbocycles. The van der Waals surface area contributed by atoms with Gasteiger partial charge in [0.2, 0.25) is 0 Å². The molecule has 1 nitrogen and oxygen atoms in total. The Labute approximate surface area is 72.8 Å². The molecule has 12 heavy (non-hydrogen) atoms. The van der Waals surface area contributed by atoms with E-state index in [1.807, 2.05) is 0 Å². The van der Waals surface area contributed by atoms with Gasteiger partial charge in [-0.15, -0.1) is 0 Å². The number of fused-ring (bicyclic) bond motifs is 5. The Morgan fingerprint density at radius 2 is 2.17 bits per heavy atom. The van der Waals surface area contributed by atoms with Gasteiger partial charge in [0.1, 0.15) is 6.29 Å². The minimum absolute atomic E-state index is 0.413. The van der Waals surface area contributed by atoms with E-state index in [9.17, 15) is 4.79 Å². The molecule has 0 unspecified atom stereocenters. The highest BCUT2D eigenvalue weighted by Gasteiger charge is 2.52. The van der Waals surface area contributed by atoms with Crippen LogP contribution in [-0.4, -0.2) is 6.29 Å². The van der Waals surface area contributed by atoms with Crippen LogP contribution in [0.5, 0.6) is 0 Å². The third kappa shape index (κ3) is 0.675. The number of hydrogen-bond acceptors (Lipinski definition) is 1. The average Bonchev–Trinajstić information content (AvgIpc) is 2.75. The standard InChI is InChI=1S/C11H14O/c12-6-8-4-7-5-11(8)10-3-1-2-9(7)10/h1-2,6-11H,3-5H2/t7-,8+,9-,10-,11+/m1/s1. The topological polar surface area (TPSA) is 17.1 Å². The predicted octanol–water partition coefficient (Wildman–Crippen LogP) is 2.03. The molecular formula is C11H14O. The van der Waals surface area contributed by atoms with E-state index in [2.05, 4.69) is 12.2 Å². The van der Waals surface area contributed by atoms with Crippen molar-refractivity contribution in [1.82, 2.24) is 0 Å². The van der Waals surface area contributed by atoms with Crippen LogP contribution in [0.15, 0.2) is 12.2 Å². The molecule has 2 fully saturated rings. The molecule has 2 bridgehead atoms. The maximum absolute atomic E-state index is 10.8. The van der Waals surface area contributed by atoms with Crippen LogP contribution in [0.25, 0.3) is 0 Å². The first-order chi connectivity index (χ1) is 5.90. The summed E-state index contributed by atoms with van der Waals surface area (Å²) in [5.41, 5.74) is 0. The summed E-state index contributed by atoms with van der Waals surface area (Å²) >= 11 is 0. The van der Waals surface area contributed by atoms with Crippen LogP contribution in [0, 0.1) is 29.6 Å². The predicted molar refractivity (Wildman–Crippen MR) is 46.5 cm³/mol. The van der Waals surface area contributed by atoms with Crippen molar-refractivity contribution in [2.24, 2.45) is 29.6 Å². The quantitative estimate of drug-likeness (QED) is 0.426. The highest BCUT2D eigenvalue weighted by atomic mass is 16.1. The van der Waals surface area contributed by atoms with Crippen LogP contribution in [0.1, 0.15) is 19.3 Å². The lowest BCUT2D eigenvalue weighted by molar-refractivity contribution is -0.113. The molecule has 0 radical (unpaired) electrons. The number of rotatable bonds is 1. The third-order valence-corrected chi connectivity index (χ3v) is 4.23. The summed E-state index contributed by atoms with van der Waals surface area (Å²) in [4.78, 5) is 10.8. The van der Waals surface area contributed by atoms with Gasteiger partial charge in [0, 0.05) is 5.92 Å². The van der Waals surface area contributed by atoms with Gasteiger partial charge in [0.15, 0.2) is 0 Å². The fourth-order valence-electron chi connectivity index (χ4n) is 3.77. The number of aldehydes is 1. The molecule has 3 rings (SSSR count). The van der Waals surface area contributed by atoms with Crippen molar-refractivity contribution < 1.29 is 4.79 Å². The van der Waals surface area contributed by atoms with Gasteiger partial charge in [-0.1, -0.05) is 12.2 Å². The normalized spacial score (nSPS) is 54.5. The number of carbonyl (C=O) groups is 1. The first kappa shape index (κ1) is 6.88. The van der Waals surface area contributed by atoms with Crippen LogP contribution in [0.2, 0.25) is 0 Å². The summed E-state index contributed by atoms with van der Waals surface area (Å²) < 4.78 is 0. The first-order valence-corrected chi connectivity index (χ1v) is 5.02. The largest absolute Gasteiger partial charge is 0.303 e. The molecule has 64 valence electrons. The molecule has 0 amide bonds. The molecule has 3 aliphatic rings. The van der Waals surface area contributed by atoms with E-state index in [0.29, 0.717) is 5.92 Å². The van der Waals surface area contributed by atoms with E-state index in [-0.39, 0.29) is 0 Å². The van der Waals surface area contributed by atoms with E-state index in [0.717, 1.165) is 23.7 Å². The summed E-state index contributed by atoms with van der Waals surface area (Å²) in [6.07, 6.45) is 9.69. The lowest BCUT2D eigenvalue weighted by Gasteiger charge is -2.27. The molecule has 2 saturated carbocycles. The number of carbonyl (C=O) groups excluding carboxylic acids is 1. The van der Waals surface area contributed by atoms with Crippen molar-refractivity contribution in [3.8, 4) is 0 Å². The average molecular weight is 162 g/mol. The van der Waals surface area contributed by atoms with Crippen molar-refractivity contribution in [2.45, 2.75) is 19.3 Å².